The zero-order valence-electron chi connectivity index (χ0n) is 21.3. The molecule has 0 amide bonds. The Labute approximate surface area is 222 Å². The summed E-state index contributed by atoms with van der Waals surface area (Å²) in [5.74, 6) is -0.363. The van der Waals surface area contributed by atoms with Crippen LogP contribution in [0, 0.1) is 11.6 Å². The van der Waals surface area contributed by atoms with Crippen LogP contribution < -0.4 is 16.2 Å². The van der Waals surface area contributed by atoms with Gasteiger partial charge in [0.15, 0.2) is 17.9 Å². The molecule has 1 aromatic carbocycles. The molecule has 2 aliphatic rings. The summed E-state index contributed by atoms with van der Waals surface area (Å²) in [4.78, 5) is 19.4. The fraction of sp³-hybridized carbons (Fsp3) is 0.370. The molecular weight excluding hydrogens is 510 g/mol. The Morgan fingerprint density at radius 2 is 2.05 bits per heavy atom. The molecule has 1 fully saturated rings. The first-order valence-electron chi connectivity index (χ1n) is 12.6. The normalized spacial score (nSPS) is 18.6. The number of benzene rings is 1. The van der Waals surface area contributed by atoms with Gasteiger partial charge >= 0.3 is 0 Å². The van der Waals surface area contributed by atoms with E-state index in [1.165, 1.54) is 59.7 Å². The molecule has 2 bridgehead atoms. The van der Waals surface area contributed by atoms with Crippen molar-refractivity contribution in [2.45, 2.75) is 50.8 Å². The van der Waals surface area contributed by atoms with Crippen LogP contribution in [0.4, 0.5) is 26.0 Å². The third-order valence-electron chi connectivity index (χ3n) is 7.48. The summed E-state index contributed by atoms with van der Waals surface area (Å²) in [7, 11) is 3.07. The number of rotatable bonds is 8. The largest absolute Gasteiger partial charge is 0.357 e. The molecule has 0 saturated heterocycles. The first-order valence-corrected chi connectivity index (χ1v) is 13.5. The Morgan fingerprint density at radius 1 is 1.24 bits per heavy atom. The van der Waals surface area contributed by atoms with E-state index in [0.717, 1.165) is 4.88 Å². The molecule has 3 aromatic heterocycles. The van der Waals surface area contributed by atoms with E-state index in [-0.39, 0.29) is 22.8 Å². The molecule has 198 valence electrons. The Kier molecular flexibility index (Phi) is 6.27. The van der Waals surface area contributed by atoms with Crippen molar-refractivity contribution >= 4 is 28.5 Å². The molecule has 8 nitrogen and oxygen atoms in total. The SMILES string of the molecule is CCn1cc(Nc2nc(-c3ccc(F)c(NC(OC)c4cc5c(s4)C4CCC5C4)c3F)cn(C)c2=O)cn1. The Hall–Kier alpha value is -3.57. The number of aromatic nitrogens is 4. The number of nitrogens with one attached hydrogen (secondary N) is 2. The van der Waals surface area contributed by atoms with Gasteiger partial charge in [-0.1, -0.05) is 0 Å². The van der Waals surface area contributed by atoms with E-state index in [0.29, 0.717) is 24.1 Å². The average molecular weight is 539 g/mol. The van der Waals surface area contributed by atoms with Gasteiger partial charge in [-0.2, -0.15) is 5.10 Å². The zero-order chi connectivity index (χ0) is 26.6. The number of aryl methyl sites for hydroxylation is 2. The molecule has 4 aromatic rings. The first-order chi connectivity index (χ1) is 18.4. The van der Waals surface area contributed by atoms with E-state index in [9.17, 15) is 9.18 Å². The van der Waals surface area contributed by atoms with E-state index in [1.807, 2.05) is 6.92 Å². The topological polar surface area (TPSA) is 86.0 Å². The van der Waals surface area contributed by atoms with Crippen molar-refractivity contribution in [3.8, 4) is 11.3 Å². The van der Waals surface area contributed by atoms with Crippen molar-refractivity contribution in [1.82, 2.24) is 19.3 Å². The number of ether oxygens (including phenoxy) is 1. The highest BCUT2D eigenvalue weighted by Gasteiger charge is 2.39. The summed E-state index contributed by atoms with van der Waals surface area (Å²) in [6.45, 7) is 2.61. The third-order valence-corrected chi connectivity index (χ3v) is 8.84. The van der Waals surface area contributed by atoms with Crippen LogP contribution in [0.5, 0.6) is 0 Å². The molecule has 2 N–H and O–H groups in total. The van der Waals surface area contributed by atoms with Gasteiger partial charge in [0.05, 0.1) is 22.5 Å². The Morgan fingerprint density at radius 3 is 2.79 bits per heavy atom. The van der Waals surface area contributed by atoms with Gasteiger partial charge in [-0.05, 0) is 61.8 Å². The summed E-state index contributed by atoms with van der Waals surface area (Å²) in [5, 5.41) is 10.1. The number of hydrogen-bond acceptors (Lipinski definition) is 7. The minimum absolute atomic E-state index is 0.0105. The van der Waals surface area contributed by atoms with E-state index in [2.05, 4.69) is 26.8 Å². The van der Waals surface area contributed by atoms with Crippen LogP contribution in [-0.4, -0.2) is 26.4 Å². The average Bonchev–Trinajstić information content (AvgIpc) is 3.70. The van der Waals surface area contributed by atoms with Gasteiger partial charge in [-0.25, -0.2) is 13.8 Å². The van der Waals surface area contributed by atoms with Gasteiger partial charge in [-0.3, -0.25) is 9.48 Å². The Bertz CT molecular complexity index is 1550. The van der Waals surface area contributed by atoms with Gasteiger partial charge in [-0.15, -0.1) is 11.3 Å². The summed E-state index contributed by atoms with van der Waals surface area (Å²) in [6, 6.07) is 4.63. The minimum Gasteiger partial charge on any atom is -0.357 e. The van der Waals surface area contributed by atoms with Crippen molar-refractivity contribution in [2.75, 3.05) is 17.7 Å². The quantitative estimate of drug-likeness (QED) is 0.273. The van der Waals surface area contributed by atoms with Crippen LogP contribution in [0.1, 0.15) is 59.6 Å². The predicted octanol–water partition coefficient (Wildman–Crippen LogP) is 5.87. The highest BCUT2D eigenvalue weighted by Crippen LogP contribution is 2.56. The van der Waals surface area contributed by atoms with Gasteiger partial charge < -0.3 is 19.9 Å². The second-order valence-electron chi connectivity index (χ2n) is 9.82. The van der Waals surface area contributed by atoms with Crippen LogP contribution in [0.3, 0.4) is 0 Å². The molecule has 11 heteroatoms. The van der Waals surface area contributed by atoms with E-state index in [4.69, 9.17) is 4.74 Å². The highest BCUT2D eigenvalue weighted by atomic mass is 32.1. The summed E-state index contributed by atoms with van der Waals surface area (Å²) in [5.41, 5.74) is 1.48. The molecule has 3 atom stereocenters. The van der Waals surface area contributed by atoms with Crippen LogP contribution in [0.2, 0.25) is 0 Å². The second-order valence-corrected chi connectivity index (χ2v) is 10.9. The number of methoxy groups -OCH3 is 1. The van der Waals surface area contributed by atoms with Crippen LogP contribution in [-0.2, 0) is 18.3 Å². The summed E-state index contributed by atoms with van der Waals surface area (Å²) in [6.07, 6.45) is 7.66. The number of halogens is 2. The number of thiophene rings is 1. The van der Waals surface area contributed by atoms with Crippen LogP contribution in [0.25, 0.3) is 11.3 Å². The van der Waals surface area contributed by atoms with Gasteiger partial charge in [0.2, 0.25) is 0 Å². The predicted molar refractivity (Wildman–Crippen MR) is 143 cm³/mol. The first kappa shape index (κ1) is 24.7. The lowest BCUT2D eigenvalue weighted by molar-refractivity contribution is 0.129. The molecule has 0 aliphatic heterocycles. The lowest BCUT2D eigenvalue weighted by Crippen LogP contribution is -2.21. The molecule has 38 heavy (non-hydrogen) atoms. The van der Waals surface area contributed by atoms with Crippen molar-refractivity contribution in [2.24, 2.45) is 7.05 Å². The lowest BCUT2D eigenvalue weighted by atomic mass is 9.99. The molecule has 3 heterocycles. The zero-order valence-corrected chi connectivity index (χ0v) is 22.1. The maximum atomic E-state index is 15.9. The lowest BCUT2D eigenvalue weighted by Gasteiger charge is -2.19. The van der Waals surface area contributed by atoms with E-state index < -0.39 is 23.4 Å². The smallest absolute Gasteiger partial charge is 0.293 e. The maximum absolute atomic E-state index is 15.9. The van der Waals surface area contributed by atoms with Gasteiger partial charge in [0, 0.05) is 43.5 Å². The monoisotopic (exact) mass is 538 g/mol. The third kappa shape index (κ3) is 4.19. The summed E-state index contributed by atoms with van der Waals surface area (Å²) < 4.78 is 39.5. The number of nitrogens with zero attached hydrogens (tertiary/aromatic N) is 4. The fourth-order valence-electron chi connectivity index (χ4n) is 5.52. The van der Waals surface area contributed by atoms with Crippen LogP contribution in [0.15, 0.2) is 41.6 Å². The Balaban J connectivity index is 1.32. The molecule has 3 unspecified atom stereocenters. The van der Waals surface area contributed by atoms with Crippen molar-refractivity contribution < 1.29 is 13.5 Å². The van der Waals surface area contributed by atoms with Gasteiger partial charge in [0.25, 0.3) is 5.56 Å². The molecule has 6 rings (SSSR count). The summed E-state index contributed by atoms with van der Waals surface area (Å²) >= 11 is 1.66. The van der Waals surface area contributed by atoms with Crippen molar-refractivity contribution in [3.05, 3.63) is 74.1 Å². The number of hydrogen-bond donors (Lipinski definition) is 2. The minimum atomic E-state index is -0.813. The molecular formula is C27H28F2N6O2S. The fourth-order valence-corrected chi connectivity index (χ4v) is 6.95. The standard InChI is InChI=1S/C27H28F2N6O2S/c1-4-35-12-16(11-30-35)31-25-27(36)34(2)13-20(32-25)17-7-8-19(28)23(22(17)29)33-26(37-3)21-10-18-14-5-6-15(9-14)24(18)38-21/h7-8,10-15,26,33H,4-6,9H2,1-3H3,(H,31,32). The van der Waals surface area contributed by atoms with Crippen LogP contribution >= 0.6 is 11.3 Å². The number of fused-ring (bicyclic) bond motifs is 5. The molecule has 0 spiro atoms. The van der Waals surface area contributed by atoms with Crippen molar-refractivity contribution in [1.29, 1.82) is 0 Å². The second kappa shape index (κ2) is 9.63. The molecule has 0 radical (unpaired) electrons. The highest BCUT2D eigenvalue weighted by molar-refractivity contribution is 7.12. The number of anilines is 3. The maximum Gasteiger partial charge on any atom is 0.293 e. The molecule has 1 saturated carbocycles. The van der Waals surface area contributed by atoms with E-state index in [1.54, 1.807) is 35.5 Å². The molecule has 2 aliphatic carbocycles. The van der Waals surface area contributed by atoms with Crippen molar-refractivity contribution in [3.63, 3.8) is 0 Å². The van der Waals surface area contributed by atoms with Gasteiger partial charge in [0.1, 0.15) is 11.5 Å². The van der Waals surface area contributed by atoms with E-state index >= 15 is 4.39 Å².